The van der Waals surface area contributed by atoms with Crippen LogP contribution in [0.25, 0.3) is 0 Å². The first-order chi connectivity index (χ1) is 13.0. The van der Waals surface area contributed by atoms with Crippen molar-refractivity contribution < 1.29 is 9.59 Å². The molecule has 1 aliphatic carbocycles. The second-order valence-corrected chi connectivity index (χ2v) is 8.30. The summed E-state index contributed by atoms with van der Waals surface area (Å²) in [5.74, 6) is 1.07. The average Bonchev–Trinajstić information content (AvgIpc) is 3.17. The molecule has 1 aromatic rings. The Bertz CT molecular complexity index is 668. The lowest BCUT2D eigenvalue weighted by Crippen LogP contribution is -2.32. The molecule has 1 saturated carbocycles. The first kappa shape index (κ1) is 22.7. The van der Waals surface area contributed by atoms with Crippen LogP contribution >= 0.6 is 12.4 Å². The molecule has 2 fully saturated rings. The second-order valence-electron chi connectivity index (χ2n) is 8.30. The summed E-state index contributed by atoms with van der Waals surface area (Å²) in [6, 6.07) is 5.85. The van der Waals surface area contributed by atoms with Gasteiger partial charge in [-0.15, -0.1) is 12.4 Å². The number of aryl methyl sites for hydroxylation is 1. The summed E-state index contributed by atoms with van der Waals surface area (Å²) in [7, 11) is 0. The van der Waals surface area contributed by atoms with Crippen molar-refractivity contribution in [1.82, 2.24) is 10.6 Å². The van der Waals surface area contributed by atoms with E-state index < -0.39 is 0 Å². The van der Waals surface area contributed by atoms with Crippen LogP contribution in [0, 0.1) is 18.8 Å². The van der Waals surface area contributed by atoms with Gasteiger partial charge in [0.25, 0.3) is 5.91 Å². The van der Waals surface area contributed by atoms with Crippen molar-refractivity contribution in [2.45, 2.75) is 64.8 Å². The molecule has 1 saturated heterocycles. The fourth-order valence-corrected chi connectivity index (χ4v) is 4.36. The van der Waals surface area contributed by atoms with Gasteiger partial charge in [0.1, 0.15) is 0 Å². The van der Waals surface area contributed by atoms with E-state index in [4.69, 9.17) is 0 Å². The SMILES string of the molecule is Cc1cc(C(=O)NC2CCCC2)ccc1NC(=O)CC(C)C1CCNCC1.Cl. The molecule has 1 aromatic carbocycles. The van der Waals surface area contributed by atoms with Gasteiger partial charge in [0.05, 0.1) is 0 Å². The van der Waals surface area contributed by atoms with Crippen molar-refractivity contribution in [1.29, 1.82) is 0 Å². The molecule has 3 N–H and O–H groups in total. The highest BCUT2D eigenvalue weighted by molar-refractivity contribution is 5.96. The highest BCUT2D eigenvalue weighted by Gasteiger charge is 2.22. The van der Waals surface area contributed by atoms with Gasteiger partial charge in [0, 0.05) is 23.7 Å². The Kier molecular flexibility index (Phi) is 8.77. The number of hydrogen-bond donors (Lipinski definition) is 3. The topological polar surface area (TPSA) is 70.2 Å². The summed E-state index contributed by atoms with van der Waals surface area (Å²) < 4.78 is 0. The van der Waals surface area contributed by atoms with Crippen molar-refractivity contribution in [2.75, 3.05) is 18.4 Å². The highest BCUT2D eigenvalue weighted by atomic mass is 35.5. The van der Waals surface area contributed by atoms with Crippen LogP contribution in [0.15, 0.2) is 18.2 Å². The summed E-state index contributed by atoms with van der Waals surface area (Å²) in [6.07, 6.45) is 7.41. The Hall–Kier alpha value is -1.59. The van der Waals surface area contributed by atoms with Gasteiger partial charge in [-0.25, -0.2) is 0 Å². The summed E-state index contributed by atoms with van der Waals surface area (Å²) in [4.78, 5) is 24.9. The summed E-state index contributed by atoms with van der Waals surface area (Å²) >= 11 is 0. The predicted octanol–water partition coefficient (Wildman–Crippen LogP) is 4.05. The van der Waals surface area contributed by atoms with E-state index >= 15 is 0 Å². The predicted molar refractivity (Wildman–Crippen MR) is 116 cm³/mol. The molecule has 28 heavy (non-hydrogen) atoms. The molecule has 156 valence electrons. The lowest BCUT2D eigenvalue weighted by atomic mass is 9.84. The maximum atomic E-state index is 12.5. The molecule has 3 rings (SSSR count). The summed E-state index contributed by atoms with van der Waals surface area (Å²) in [5, 5.41) is 9.52. The molecule has 2 aliphatic rings. The largest absolute Gasteiger partial charge is 0.349 e. The summed E-state index contributed by atoms with van der Waals surface area (Å²) in [5.41, 5.74) is 2.40. The van der Waals surface area contributed by atoms with Crippen LogP contribution in [0.3, 0.4) is 0 Å². The molecule has 0 bridgehead atoms. The molecule has 1 aliphatic heterocycles. The number of carbonyl (C=O) groups excluding carboxylic acids is 2. The number of rotatable bonds is 6. The van der Waals surface area contributed by atoms with Crippen molar-refractivity contribution in [3.8, 4) is 0 Å². The first-order valence-corrected chi connectivity index (χ1v) is 10.4. The monoisotopic (exact) mass is 407 g/mol. The van der Waals surface area contributed by atoms with Gasteiger partial charge in [-0.3, -0.25) is 9.59 Å². The molecule has 5 nitrogen and oxygen atoms in total. The van der Waals surface area contributed by atoms with E-state index in [1.54, 1.807) is 0 Å². The maximum absolute atomic E-state index is 12.5. The van der Waals surface area contributed by atoms with Crippen LogP contribution < -0.4 is 16.0 Å². The van der Waals surface area contributed by atoms with E-state index in [2.05, 4.69) is 22.9 Å². The standard InChI is InChI=1S/C22H33N3O2.ClH/c1-15(17-9-11-23-12-10-17)14-21(26)25-20-8-7-18(13-16(20)2)22(27)24-19-5-3-4-6-19;/h7-8,13,15,17,19,23H,3-6,9-12,14H2,1-2H3,(H,24,27)(H,25,26);1H. The second kappa shape index (κ2) is 10.8. The third-order valence-electron chi connectivity index (χ3n) is 6.15. The van der Waals surface area contributed by atoms with Gasteiger partial charge in [-0.1, -0.05) is 19.8 Å². The van der Waals surface area contributed by atoms with Crippen LogP contribution in [0.2, 0.25) is 0 Å². The number of nitrogens with one attached hydrogen (secondary N) is 3. The van der Waals surface area contributed by atoms with Crippen molar-refractivity contribution in [2.24, 2.45) is 11.8 Å². The maximum Gasteiger partial charge on any atom is 0.251 e. The molecule has 2 amide bonds. The fraction of sp³-hybridized carbons (Fsp3) is 0.636. The molecule has 0 radical (unpaired) electrons. The fourth-order valence-electron chi connectivity index (χ4n) is 4.36. The molecule has 0 spiro atoms. The molecular weight excluding hydrogens is 374 g/mol. The number of benzene rings is 1. The van der Waals surface area contributed by atoms with E-state index in [-0.39, 0.29) is 24.2 Å². The van der Waals surface area contributed by atoms with Crippen LogP contribution in [0.4, 0.5) is 5.69 Å². The molecule has 1 unspecified atom stereocenters. The Balaban J connectivity index is 0.00000280. The van der Waals surface area contributed by atoms with E-state index in [1.165, 1.54) is 12.8 Å². The zero-order valence-corrected chi connectivity index (χ0v) is 17.9. The van der Waals surface area contributed by atoms with Gasteiger partial charge < -0.3 is 16.0 Å². The third-order valence-corrected chi connectivity index (χ3v) is 6.15. The summed E-state index contributed by atoms with van der Waals surface area (Å²) in [6.45, 7) is 6.23. The normalized spacial score (nSPS) is 18.9. The van der Waals surface area contributed by atoms with Crippen LogP contribution in [0.5, 0.6) is 0 Å². The third kappa shape index (κ3) is 6.21. The van der Waals surface area contributed by atoms with Crippen LogP contribution in [-0.4, -0.2) is 30.9 Å². The van der Waals surface area contributed by atoms with E-state index in [0.29, 0.717) is 29.9 Å². The lowest BCUT2D eigenvalue weighted by molar-refractivity contribution is -0.117. The van der Waals surface area contributed by atoms with Crippen LogP contribution in [0.1, 0.15) is 67.8 Å². The molecule has 6 heteroatoms. The number of carbonyl (C=O) groups is 2. The van der Waals surface area contributed by atoms with E-state index in [9.17, 15) is 9.59 Å². The van der Waals surface area contributed by atoms with E-state index in [1.807, 2.05) is 25.1 Å². The Morgan fingerprint density at radius 3 is 2.46 bits per heavy atom. The minimum Gasteiger partial charge on any atom is -0.349 e. The number of halogens is 1. The Morgan fingerprint density at radius 1 is 1.14 bits per heavy atom. The molecular formula is C22H34ClN3O2. The van der Waals surface area contributed by atoms with Crippen molar-refractivity contribution in [3.05, 3.63) is 29.3 Å². The quantitative estimate of drug-likeness (QED) is 0.666. The zero-order chi connectivity index (χ0) is 19.2. The van der Waals surface area contributed by atoms with E-state index in [0.717, 1.165) is 50.0 Å². The molecule has 1 heterocycles. The van der Waals surface area contributed by atoms with Gasteiger partial charge in [0.2, 0.25) is 5.91 Å². The lowest BCUT2D eigenvalue weighted by Gasteiger charge is -2.28. The van der Waals surface area contributed by atoms with Gasteiger partial charge in [0.15, 0.2) is 0 Å². The number of amides is 2. The smallest absolute Gasteiger partial charge is 0.251 e. The van der Waals surface area contributed by atoms with Crippen molar-refractivity contribution >= 4 is 29.9 Å². The Morgan fingerprint density at radius 2 is 1.82 bits per heavy atom. The average molecular weight is 408 g/mol. The van der Waals surface area contributed by atoms with Crippen LogP contribution in [-0.2, 0) is 4.79 Å². The molecule has 1 atom stereocenters. The highest BCUT2D eigenvalue weighted by Crippen LogP contribution is 2.25. The first-order valence-electron chi connectivity index (χ1n) is 10.4. The molecule has 0 aromatic heterocycles. The Labute approximate surface area is 174 Å². The van der Waals surface area contributed by atoms with Gasteiger partial charge in [-0.05, 0) is 81.3 Å². The van der Waals surface area contributed by atoms with Gasteiger partial charge >= 0.3 is 0 Å². The zero-order valence-electron chi connectivity index (χ0n) is 17.1. The minimum absolute atomic E-state index is 0. The van der Waals surface area contributed by atoms with Crippen molar-refractivity contribution in [3.63, 3.8) is 0 Å². The minimum atomic E-state index is -0.0117. The number of piperidine rings is 1. The number of anilines is 1. The number of hydrogen-bond acceptors (Lipinski definition) is 3. The van der Waals surface area contributed by atoms with Gasteiger partial charge in [-0.2, -0.15) is 0 Å².